The molecule has 0 unspecified atom stereocenters. The summed E-state index contributed by atoms with van der Waals surface area (Å²) < 4.78 is 1.69. The molecule has 28 heavy (non-hydrogen) atoms. The number of rotatable bonds is 6. The Hall–Kier alpha value is -2.54. The van der Waals surface area contributed by atoms with Gasteiger partial charge in [-0.3, -0.25) is 0 Å². The minimum absolute atomic E-state index is 0.535. The molecule has 2 aliphatic rings. The van der Waals surface area contributed by atoms with E-state index in [-0.39, 0.29) is 0 Å². The molecule has 0 aliphatic carbocycles. The van der Waals surface area contributed by atoms with Crippen LogP contribution < -0.4 is 11.5 Å². The molecule has 1 saturated heterocycles. The second-order valence-corrected chi connectivity index (χ2v) is 7.24. The maximum absolute atomic E-state index is 6.19. The normalized spacial score (nSPS) is 17.5. The summed E-state index contributed by atoms with van der Waals surface area (Å²) in [6.45, 7) is 16.7. The third-order valence-corrected chi connectivity index (χ3v) is 5.48. The molecule has 152 valence electrons. The Bertz CT molecular complexity index is 796. The minimum atomic E-state index is 0.535. The summed E-state index contributed by atoms with van der Waals surface area (Å²) in [4.78, 5) is 4.31. The van der Waals surface area contributed by atoms with E-state index in [9.17, 15) is 0 Å². The Balaban J connectivity index is 0.00000136. The third kappa shape index (κ3) is 4.65. The van der Waals surface area contributed by atoms with E-state index < -0.39 is 0 Å². The highest BCUT2D eigenvalue weighted by Gasteiger charge is 2.28. The average molecular weight is 401 g/mol. The first-order valence-corrected chi connectivity index (χ1v) is 10.6. The lowest BCUT2D eigenvalue weighted by molar-refractivity contribution is 0.421. The van der Waals surface area contributed by atoms with Crippen LogP contribution in [0.3, 0.4) is 0 Å². The van der Waals surface area contributed by atoms with Gasteiger partial charge in [0, 0.05) is 30.5 Å². The summed E-state index contributed by atoms with van der Waals surface area (Å²) in [5, 5.41) is 7.53. The number of hydrogen-bond donors (Lipinski definition) is 2. The van der Waals surface area contributed by atoms with Crippen LogP contribution >= 0.6 is 11.8 Å². The van der Waals surface area contributed by atoms with Crippen molar-refractivity contribution in [2.75, 3.05) is 13.1 Å². The predicted octanol–water partition coefficient (Wildman–Crippen LogP) is 4.09. The second kappa shape index (κ2) is 10.1. The minimum Gasteiger partial charge on any atom is -0.385 e. The second-order valence-electron chi connectivity index (χ2n) is 6.26. The maximum atomic E-state index is 6.19. The number of fused-ring (bicyclic) bond motifs is 1. The highest BCUT2D eigenvalue weighted by atomic mass is 32.2. The van der Waals surface area contributed by atoms with Gasteiger partial charge < -0.3 is 21.3 Å². The molecule has 6 nitrogen and oxygen atoms in total. The zero-order chi connectivity index (χ0) is 20.7. The van der Waals surface area contributed by atoms with Gasteiger partial charge in [-0.25, -0.2) is 4.68 Å². The summed E-state index contributed by atoms with van der Waals surface area (Å²) in [6, 6.07) is 0. The first-order valence-electron chi connectivity index (χ1n) is 9.72. The van der Waals surface area contributed by atoms with E-state index in [0.717, 1.165) is 40.9 Å². The molecule has 0 amide bonds. The Kier molecular flexibility index (Phi) is 7.87. The van der Waals surface area contributed by atoms with E-state index >= 15 is 0 Å². The number of thioether (sulfide) groups is 1. The summed E-state index contributed by atoms with van der Waals surface area (Å²) >= 11 is 1.58. The smallest absolute Gasteiger partial charge is 0.124 e. The van der Waals surface area contributed by atoms with Crippen LogP contribution in [-0.2, 0) is 6.54 Å². The molecule has 0 bridgehead atoms. The van der Waals surface area contributed by atoms with Crippen molar-refractivity contribution in [3.8, 4) is 0 Å². The van der Waals surface area contributed by atoms with Crippen LogP contribution in [0.1, 0.15) is 44.9 Å². The van der Waals surface area contributed by atoms with Crippen LogP contribution in [0.2, 0.25) is 0 Å². The van der Waals surface area contributed by atoms with Crippen molar-refractivity contribution in [2.24, 2.45) is 11.5 Å². The molecular formula is C21H32N6S. The van der Waals surface area contributed by atoms with E-state index in [0.29, 0.717) is 12.4 Å². The van der Waals surface area contributed by atoms with E-state index in [4.69, 9.17) is 11.5 Å². The summed E-state index contributed by atoms with van der Waals surface area (Å²) in [6.07, 6.45) is 10.0. The molecule has 0 saturated carbocycles. The first kappa shape index (κ1) is 21.8. The highest BCUT2D eigenvalue weighted by molar-refractivity contribution is 8.05. The van der Waals surface area contributed by atoms with Gasteiger partial charge in [-0.05, 0) is 37.3 Å². The number of likely N-dealkylation sites (tertiary alicyclic amines) is 1. The number of hydrogen-bond acceptors (Lipinski definition) is 6. The van der Waals surface area contributed by atoms with Crippen LogP contribution in [0.4, 0.5) is 0 Å². The van der Waals surface area contributed by atoms with E-state index in [1.54, 1.807) is 22.5 Å². The topological polar surface area (TPSA) is 76.3 Å². The molecule has 1 aromatic rings. The van der Waals surface area contributed by atoms with Gasteiger partial charge in [0.15, 0.2) is 0 Å². The zero-order valence-corrected chi connectivity index (χ0v) is 18.0. The third-order valence-electron chi connectivity index (χ3n) is 4.61. The van der Waals surface area contributed by atoms with Crippen molar-refractivity contribution in [2.45, 2.75) is 40.2 Å². The molecule has 3 heterocycles. The quantitative estimate of drug-likeness (QED) is 0.701. The van der Waals surface area contributed by atoms with Gasteiger partial charge in [-0.15, -0.1) is 0 Å². The van der Waals surface area contributed by atoms with Crippen molar-refractivity contribution in [1.82, 2.24) is 19.6 Å². The van der Waals surface area contributed by atoms with Crippen LogP contribution in [0.5, 0.6) is 0 Å². The Morgan fingerprint density at radius 3 is 2.39 bits per heavy atom. The molecule has 4 N–H and O–H groups in total. The molecule has 7 heteroatoms. The molecule has 2 aliphatic heterocycles. The van der Waals surface area contributed by atoms with Crippen LogP contribution in [-0.4, -0.2) is 32.7 Å². The average Bonchev–Trinajstić information content (AvgIpc) is 3.44. The SMILES string of the molecule is C=CS/C(=C\C)N1Cc2nn(/C(N)=C/C=C(\N)N3CCCC3)cc2C1=C.CC. The van der Waals surface area contributed by atoms with E-state index in [2.05, 4.69) is 34.1 Å². The van der Waals surface area contributed by atoms with Crippen LogP contribution in [0, 0.1) is 0 Å². The van der Waals surface area contributed by atoms with Gasteiger partial charge in [-0.2, -0.15) is 5.10 Å². The molecule has 0 atom stereocenters. The van der Waals surface area contributed by atoms with Crippen LogP contribution in [0.25, 0.3) is 11.5 Å². The number of nitrogens with zero attached hydrogens (tertiary/aromatic N) is 4. The first-order chi connectivity index (χ1) is 13.5. The molecule has 0 spiro atoms. The van der Waals surface area contributed by atoms with Gasteiger partial charge in [0.1, 0.15) is 5.82 Å². The van der Waals surface area contributed by atoms with Crippen molar-refractivity contribution in [1.29, 1.82) is 0 Å². The van der Waals surface area contributed by atoms with Crippen molar-refractivity contribution in [3.63, 3.8) is 0 Å². The van der Waals surface area contributed by atoms with Crippen molar-refractivity contribution < 1.29 is 0 Å². The molecular weight excluding hydrogens is 368 g/mol. The standard InChI is InChI=1S/C19H26N6S.C2H6/c1-4-19(26-5-2)24-13-16-15(14(24)3)12-25(22-16)18(21)9-8-17(20)23-10-6-7-11-23;1-2/h4-5,8-9,12H,2-3,6-7,10-11,13,20-21H2,1H3;1-2H3/b17-8+,18-9+,19-4-;. The Labute approximate surface area is 172 Å². The molecule has 3 rings (SSSR count). The predicted molar refractivity (Wildman–Crippen MR) is 121 cm³/mol. The van der Waals surface area contributed by atoms with Gasteiger partial charge in [0.05, 0.1) is 23.1 Å². The van der Waals surface area contributed by atoms with E-state index in [1.807, 2.05) is 38.5 Å². The monoisotopic (exact) mass is 400 g/mol. The molecule has 0 radical (unpaired) electrons. The summed E-state index contributed by atoms with van der Waals surface area (Å²) in [5.41, 5.74) is 15.2. The number of nitrogens with two attached hydrogens (primary N) is 2. The highest BCUT2D eigenvalue weighted by Crippen LogP contribution is 2.37. The lowest BCUT2D eigenvalue weighted by Crippen LogP contribution is -2.24. The zero-order valence-electron chi connectivity index (χ0n) is 17.2. The van der Waals surface area contributed by atoms with E-state index in [1.165, 1.54) is 12.8 Å². The van der Waals surface area contributed by atoms with Gasteiger partial charge in [0.25, 0.3) is 0 Å². The Morgan fingerprint density at radius 2 is 1.82 bits per heavy atom. The maximum Gasteiger partial charge on any atom is 0.124 e. The summed E-state index contributed by atoms with van der Waals surface area (Å²) in [7, 11) is 0. The molecule has 1 fully saturated rings. The number of allylic oxidation sites excluding steroid dienone is 3. The lowest BCUT2D eigenvalue weighted by atomic mass is 10.2. The van der Waals surface area contributed by atoms with Crippen molar-refractivity contribution in [3.05, 3.63) is 65.1 Å². The Morgan fingerprint density at radius 1 is 1.18 bits per heavy atom. The van der Waals surface area contributed by atoms with Gasteiger partial charge >= 0.3 is 0 Å². The lowest BCUT2D eigenvalue weighted by Gasteiger charge is -2.21. The number of aromatic nitrogens is 2. The summed E-state index contributed by atoms with van der Waals surface area (Å²) in [5.74, 6) is 1.28. The largest absolute Gasteiger partial charge is 0.385 e. The van der Waals surface area contributed by atoms with Gasteiger partial charge in [-0.1, -0.05) is 44.8 Å². The fourth-order valence-corrected chi connectivity index (χ4v) is 3.81. The van der Waals surface area contributed by atoms with Crippen molar-refractivity contribution >= 4 is 23.3 Å². The fourth-order valence-electron chi connectivity index (χ4n) is 3.20. The van der Waals surface area contributed by atoms with Crippen LogP contribution in [0.15, 0.2) is 53.8 Å². The fraction of sp³-hybridized carbons (Fsp3) is 0.381. The molecule has 1 aromatic heterocycles. The molecule has 0 aromatic carbocycles. The van der Waals surface area contributed by atoms with Gasteiger partial charge in [0.2, 0.25) is 0 Å².